The van der Waals surface area contributed by atoms with E-state index in [1.165, 1.54) is 17.8 Å². The molecular weight excluding hydrogens is 221 g/mol. The molecule has 0 saturated carbocycles. The molecule has 0 aromatic heterocycles. The van der Waals surface area contributed by atoms with Gasteiger partial charge in [-0.3, -0.25) is 0 Å². The van der Waals surface area contributed by atoms with Crippen molar-refractivity contribution >= 4 is 23.4 Å². The van der Waals surface area contributed by atoms with E-state index in [1.807, 2.05) is 0 Å². The van der Waals surface area contributed by atoms with E-state index in [0.29, 0.717) is 4.90 Å². The zero-order valence-electron chi connectivity index (χ0n) is 6.65. The van der Waals surface area contributed by atoms with Crippen molar-refractivity contribution in [2.75, 3.05) is 6.26 Å². The van der Waals surface area contributed by atoms with Crippen molar-refractivity contribution in [3.8, 4) is 0 Å². The predicted molar refractivity (Wildman–Crippen MR) is 48.2 cm³/mol. The monoisotopic (exact) mass is 226 g/mol. The topological polar surface area (TPSA) is 0 Å². The maximum Gasteiger partial charge on any atom is 0.417 e. The van der Waals surface area contributed by atoms with Crippen molar-refractivity contribution in [1.82, 2.24) is 0 Å². The average molecular weight is 227 g/mol. The summed E-state index contributed by atoms with van der Waals surface area (Å²) in [5.74, 6) is 0. The predicted octanol–water partition coefficient (Wildman–Crippen LogP) is 4.08. The van der Waals surface area contributed by atoms with Gasteiger partial charge in [0, 0.05) is 4.90 Å². The lowest BCUT2D eigenvalue weighted by molar-refractivity contribution is -0.137. The van der Waals surface area contributed by atoms with Crippen LogP contribution in [-0.2, 0) is 6.18 Å². The highest BCUT2D eigenvalue weighted by Crippen LogP contribution is 2.38. The molecule has 13 heavy (non-hydrogen) atoms. The van der Waals surface area contributed by atoms with E-state index >= 15 is 0 Å². The SMILES string of the molecule is CSc1cccc(C(F)(F)F)c1Cl. The number of rotatable bonds is 1. The standard InChI is InChI=1S/C8H6ClF3S/c1-13-6-4-2-3-5(7(6)9)8(10,11)12/h2-4H,1H3. The van der Waals surface area contributed by atoms with E-state index in [9.17, 15) is 13.2 Å². The Morgan fingerprint density at radius 3 is 2.38 bits per heavy atom. The Labute approximate surface area is 83.1 Å². The van der Waals surface area contributed by atoms with E-state index in [4.69, 9.17) is 11.6 Å². The van der Waals surface area contributed by atoms with Crippen LogP contribution >= 0.6 is 23.4 Å². The number of thioether (sulfide) groups is 1. The minimum absolute atomic E-state index is 0.220. The molecule has 0 N–H and O–H groups in total. The second kappa shape index (κ2) is 3.80. The van der Waals surface area contributed by atoms with E-state index in [0.717, 1.165) is 6.07 Å². The van der Waals surface area contributed by atoms with Crippen LogP contribution in [0.2, 0.25) is 5.02 Å². The first-order valence-electron chi connectivity index (χ1n) is 3.36. The molecule has 0 radical (unpaired) electrons. The van der Waals surface area contributed by atoms with Crippen molar-refractivity contribution in [3.05, 3.63) is 28.8 Å². The summed E-state index contributed by atoms with van der Waals surface area (Å²) in [5, 5.41) is -0.220. The molecule has 0 aliphatic heterocycles. The van der Waals surface area contributed by atoms with E-state index in [1.54, 1.807) is 12.3 Å². The Kier molecular flexibility index (Phi) is 3.14. The molecule has 0 aliphatic rings. The van der Waals surface area contributed by atoms with Crippen LogP contribution in [0.15, 0.2) is 23.1 Å². The fraction of sp³-hybridized carbons (Fsp3) is 0.250. The van der Waals surface area contributed by atoms with E-state index in [-0.39, 0.29) is 5.02 Å². The van der Waals surface area contributed by atoms with E-state index in [2.05, 4.69) is 0 Å². The van der Waals surface area contributed by atoms with Crippen LogP contribution in [-0.4, -0.2) is 6.26 Å². The van der Waals surface area contributed by atoms with Gasteiger partial charge in [0.15, 0.2) is 0 Å². The van der Waals surface area contributed by atoms with Gasteiger partial charge in [0.1, 0.15) is 0 Å². The van der Waals surface area contributed by atoms with Gasteiger partial charge < -0.3 is 0 Å². The molecule has 0 bridgehead atoms. The zero-order chi connectivity index (χ0) is 10.1. The molecule has 0 fully saturated rings. The first-order chi connectivity index (χ1) is 5.96. The molecule has 72 valence electrons. The van der Waals surface area contributed by atoms with Gasteiger partial charge in [-0.15, -0.1) is 11.8 Å². The molecule has 0 aliphatic carbocycles. The lowest BCUT2D eigenvalue weighted by atomic mass is 10.2. The molecule has 0 saturated heterocycles. The van der Waals surface area contributed by atoms with Gasteiger partial charge in [-0.2, -0.15) is 13.2 Å². The Balaban J connectivity index is 3.24. The summed E-state index contributed by atoms with van der Waals surface area (Å²) in [4.78, 5) is 0.441. The summed E-state index contributed by atoms with van der Waals surface area (Å²) < 4.78 is 36.8. The Hall–Kier alpha value is -0.350. The van der Waals surface area contributed by atoms with Gasteiger partial charge >= 0.3 is 6.18 Å². The van der Waals surface area contributed by atoms with Crippen LogP contribution in [0.25, 0.3) is 0 Å². The highest BCUT2D eigenvalue weighted by atomic mass is 35.5. The van der Waals surface area contributed by atoms with Gasteiger partial charge in [-0.05, 0) is 18.4 Å². The van der Waals surface area contributed by atoms with Crippen molar-refractivity contribution in [3.63, 3.8) is 0 Å². The lowest BCUT2D eigenvalue weighted by Crippen LogP contribution is -2.05. The van der Waals surface area contributed by atoms with Crippen molar-refractivity contribution < 1.29 is 13.2 Å². The third-order valence-electron chi connectivity index (χ3n) is 1.49. The third-order valence-corrected chi connectivity index (χ3v) is 2.79. The van der Waals surface area contributed by atoms with Crippen LogP contribution in [0.3, 0.4) is 0 Å². The maximum absolute atomic E-state index is 12.3. The molecule has 0 unspecified atom stereocenters. The van der Waals surface area contributed by atoms with Crippen LogP contribution in [0.4, 0.5) is 13.2 Å². The van der Waals surface area contributed by atoms with Crippen LogP contribution in [0.5, 0.6) is 0 Å². The second-order valence-electron chi connectivity index (χ2n) is 2.32. The highest BCUT2D eigenvalue weighted by Gasteiger charge is 2.33. The third kappa shape index (κ3) is 2.31. The van der Waals surface area contributed by atoms with Gasteiger partial charge in [0.05, 0.1) is 10.6 Å². The Morgan fingerprint density at radius 1 is 1.31 bits per heavy atom. The average Bonchev–Trinajstić information content (AvgIpc) is 2.02. The maximum atomic E-state index is 12.3. The summed E-state index contributed by atoms with van der Waals surface area (Å²) in [7, 11) is 0. The number of hydrogen-bond acceptors (Lipinski definition) is 1. The van der Waals surface area contributed by atoms with Crippen molar-refractivity contribution in [2.24, 2.45) is 0 Å². The van der Waals surface area contributed by atoms with Crippen LogP contribution in [0, 0.1) is 0 Å². The fourth-order valence-electron chi connectivity index (χ4n) is 0.887. The molecular formula is C8H6ClF3S. The number of hydrogen-bond donors (Lipinski definition) is 0. The molecule has 0 nitrogen and oxygen atoms in total. The van der Waals surface area contributed by atoms with Gasteiger partial charge in [0.2, 0.25) is 0 Å². The van der Waals surface area contributed by atoms with Crippen molar-refractivity contribution in [1.29, 1.82) is 0 Å². The molecule has 0 amide bonds. The molecule has 0 atom stereocenters. The minimum Gasteiger partial charge on any atom is -0.166 e. The number of benzene rings is 1. The largest absolute Gasteiger partial charge is 0.417 e. The first kappa shape index (κ1) is 10.7. The Morgan fingerprint density at radius 2 is 1.92 bits per heavy atom. The molecule has 1 aromatic carbocycles. The molecule has 0 spiro atoms. The fourth-order valence-corrected chi connectivity index (χ4v) is 1.86. The Bertz CT molecular complexity index is 309. The summed E-state index contributed by atoms with van der Waals surface area (Å²) in [5.41, 5.74) is -0.777. The summed E-state index contributed by atoms with van der Waals surface area (Å²) in [6.45, 7) is 0. The molecule has 1 aromatic rings. The summed E-state index contributed by atoms with van der Waals surface area (Å²) >= 11 is 6.75. The van der Waals surface area contributed by atoms with Crippen LogP contribution in [0.1, 0.15) is 5.56 Å². The molecule has 5 heteroatoms. The zero-order valence-corrected chi connectivity index (χ0v) is 8.22. The van der Waals surface area contributed by atoms with Gasteiger partial charge in [-0.1, -0.05) is 17.7 Å². The number of alkyl halides is 3. The summed E-state index contributed by atoms with van der Waals surface area (Å²) in [6.07, 6.45) is -2.69. The smallest absolute Gasteiger partial charge is 0.166 e. The normalized spacial score (nSPS) is 11.8. The summed E-state index contributed by atoms with van der Waals surface area (Å²) in [6, 6.07) is 3.88. The number of halogens is 4. The quantitative estimate of drug-likeness (QED) is 0.651. The minimum atomic E-state index is -4.37. The van der Waals surface area contributed by atoms with Gasteiger partial charge in [0.25, 0.3) is 0 Å². The lowest BCUT2D eigenvalue weighted by Gasteiger charge is -2.10. The van der Waals surface area contributed by atoms with E-state index < -0.39 is 11.7 Å². The van der Waals surface area contributed by atoms with Crippen molar-refractivity contribution in [2.45, 2.75) is 11.1 Å². The molecule has 0 heterocycles. The highest BCUT2D eigenvalue weighted by molar-refractivity contribution is 7.98. The molecule has 1 rings (SSSR count). The first-order valence-corrected chi connectivity index (χ1v) is 4.97. The van der Waals surface area contributed by atoms with Gasteiger partial charge in [-0.25, -0.2) is 0 Å². The van der Waals surface area contributed by atoms with Crippen LogP contribution < -0.4 is 0 Å². The second-order valence-corrected chi connectivity index (χ2v) is 3.55.